The first-order valence-corrected chi connectivity index (χ1v) is 8.23. The van der Waals surface area contributed by atoms with Crippen LogP contribution in [-0.4, -0.2) is 24.5 Å². The van der Waals surface area contributed by atoms with Crippen LogP contribution in [0.15, 0.2) is 53.0 Å². The Kier molecular flexibility index (Phi) is 4.80. The largest absolute Gasteiger partial charge is 0.326 e. The summed E-state index contributed by atoms with van der Waals surface area (Å²) in [7, 11) is 0. The quantitative estimate of drug-likeness (QED) is 0.840. The maximum Gasteiger partial charge on any atom is 0.319 e. The van der Waals surface area contributed by atoms with Crippen molar-refractivity contribution >= 4 is 39.2 Å². The first-order chi connectivity index (χ1) is 11.5. The van der Waals surface area contributed by atoms with Gasteiger partial charge in [0.2, 0.25) is 5.91 Å². The topological polar surface area (TPSA) is 61.4 Å². The summed E-state index contributed by atoms with van der Waals surface area (Å²) >= 11 is 3.15. The van der Waals surface area contributed by atoms with E-state index in [1.807, 2.05) is 30.3 Å². The highest BCUT2D eigenvalue weighted by Crippen LogP contribution is 2.22. The van der Waals surface area contributed by atoms with Gasteiger partial charge < -0.3 is 15.5 Å². The van der Waals surface area contributed by atoms with Crippen LogP contribution in [0.3, 0.4) is 0 Å². The van der Waals surface area contributed by atoms with Crippen LogP contribution in [0.4, 0.5) is 20.6 Å². The Morgan fingerprint density at radius 3 is 2.67 bits per heavy atom. The Balaban J connectivity index is 1.62. The zero-order chi connectivity index (χ0) is 17.1. The molecule has 7 heteroatoms. The molecular weight excluding hydrogens is 377 g/mol. The highest BCUT2D eigenvalue weighted by molar-refractivity contribution is 9.10. The monoisotopic (exact) mass is 391 g/mol. The molecule has 5 nitrogen and oxygen atoms in total. The Labute approximate surface area is 147 Å². The van der Waals surface area contributed by atoms with Crippen molar-refractivity contribution in [2.45, 2.75) is 12.5 Å². The first-order valence-electron chi connectivity index (χ1n) is 7.43. The second-order valence-corrected chi connectivity index (χ2v) is 6.30. The molecule has 0 aliphatic carbocycles. The van der Waals surface area contributed by atoms with Crippen LogP contribution in [0.1, 0.15) is 6.42 Å². The summed E-state index contributed by atoms with van der Waals surface area (Å²) in [5.41, 5.74) is 0.854. The van der Waals surface area contributed by atoms with Gasteiger partial charge in [0.1, 0.15) is 11.9 Å². The van der Waals surface area contributed by atoms with E-state index in [0.717, 1.165) is 5.69 Å². The molecule has 2 N–H and O–H groups in total. The summed E-state index contributed by atoms with van der Waals surface area (Å²) in [6, 6.07) is 12.4. The van der Waals surface area contributed by atoms with Crippen LogP contribution >= 0.6 is 15.9 Å². The van der Waals surface area contributed by atoms with E-state index in [2.05, 4.69) is 26.6 Å². The van der Waals surface area contributed by atoms with Crippen molar-refractivity contribution < 1.29 is 14.0 Å². The Hall–Kier alpha value is -2.41. The summed E-state index contributed by atoms with van der Waals surface area (Å²) in [5, 5.41) is 5.02. The van der Waals surface area contributed by atoms with Crippen LogP contribution in [0.5, 0.6) is 0 Å². The van der Waals surface area contributed by atoms with E-state index in [1.165, 1.54) is 12.1 Å². The molecule has 1 aliphatic heterocycles. The molecule has 3 amide bonds. The van der Waals surface area contributed by atoms with E-state index in [-0.39, 0.29) is 11.6 Å². The molecule has 1 heterocycles. The SMILES string of the molecule is O=C(Nc1ccc(Br)cc1F)NC1CCN(c2ccccc2)C1=O. The first kappa shape index (κ1) is 16.4. The molecule has 0 aromatic heterocycles. The van der Waals surface area contributed by atoms with Crippen molar-refractivity contribution in [1.29, 1.82) is 0 Å². The van der Waals surface area contributed by atoms with Crippen molar-refractivity contribution in [2.75, 3.05) is 16.8 Å². The van der Waals surface area contributed by atoms with Crippen LogP contribution < -0.4 is 15.5 Å². The molecule has 0 saturated carbocycles. The minimum atomic E-state index is -0.622. The van der Waals surface area contributed by atoms with E-state index in [4.69, 9.17) is 0 Å². The summed E-state index contributed by atoms with van der Waals surface area (Å²) in [5.74, 6) is -0.726. The number of benzene rings is 2. The van der Waals surface area contributed by atoms with Gasteiger partial charge in [-0.15, -0.1) is 0 Å². The third kappa shape index (κ3) is 3.56. The number of hydrogen-bond donors (Lipinski definition) is 2. The van der Waals surface area contributed by atoms with Gasteiger partial charge in [0.05, 0.1) is 5.69 Å². The molecular formula is C17H15BrFN3O2. The fourth-order valence-electron chi connectivity index (χ4n) is 2.59. The van der Waals surface area contributed by atoms with Crippen LogP contribution in [0, 0.1) is 5.82 Å². The number of anilines is 2. The van der Waals surface area contributed by atoms with Gasteiger partial charge in [-0.2, -0.15) is 0 Å². The lowest BCUT2D eigenvalue weighted by Gasteiger charge is -2.17. The second-order valence-electron chi connectivity index (χ2n) is 5.39. The third-order valence-corrected chi connectivity index (χ3v) is 4.25. The van der Waals surface area contributed by atoms with Crippen LogP contribution in [-0.2, 0) is 4.79 Å². The number of carbonyl (C=O) groups is 2. The molecule has 2 aromatic carbocycles. The molecule has 124 valence electrons. The lowest BCUT2D eigenvalue weighted by atomic mass is 10.2. The fraction of sp³-hybridized carbons (Fsp3) is 0.176. The van der Waals surface area contributed by atoms with Gasteiger partial charge >= 0.3 is 6.03 Å². The number of nitrogens with zero attached hydrogens (tertiary/aromatic N) is 1. The molecule has 0 bridgehead atoms. The van der Waals surface area contributed by atoms with Gasteiger partial charge in [-0.05, 0) is 36.8 Å². The van der Waals surface area contributed by atoms with Gasteiger partial charge in [-0.3, -0.25) is 4.79 Å². The predicted octanol–water partition coefficient (Wildman–Crippen LogP) is 3.52. The van der Waals surface area contributed by atoms with E-state index < -0.39 is 17.9 Å². The predicted molar refractivity (Wildman–Crippen MR) is 93.5 cm³/mol. The molecule has 24 heavy (non-hydrogen) atoms. The highest BCUT2D eigenvalue weighted by atomic mass is 79.9. The molecule has 1 unspecified atom stereocenters. The summed E-state index contributed by atoms with van der Waals surface area (Å²) in [6.45, 7) is 0.528. The van der Waals surface area contributed by atoms with Gasteiger partial charge in [0, 0.05) is 16.7 Å². The smallest absolute Gasteiger partial charge is 0.319 e. The Morgan fingerprint density at radius 1 is 1.21 bits per heavy atom. The average Bonchev–Trinajstić information content (AvgIpc) is 2.92. The number of amides is 3. The van der Waals surface area contributed by atoms with Crippen LogP contribution in [0.2, 0.25) is 0 Å². The second kappa shape index (κ2) is 7.00. The molecule has 1 saturated heterocycles. The van der Waals surface area contributed by atoms with E-state index in [0.29, 0.717) is 17.4 Å². The van der Waals surface area contributed by atoms with Crippen molar-refractivity contribution in [3.8, 4) is 0 Å². The zero-order valence-electron chi connectivity index (χ0n) is 12.6. The Morgan fingerprint density at radius 2 is 1.96 bits per heavy atom. The maximum atomic E-state index is 13.7. The third-order valence-electron chi connectivity index (χ3n) is 3.76. The summed E-state index contributed by atoms with van der Waals surface area (Å²) in [6.07, 6.45) is 0.504. The molecule has 2 aromatic rings. The van der Waals surface area contributed by atoms with Crippen molar-refractivity contribution in [2.24, 2.45) is 0 Å². The molecule has 1 aliphatic rings. The number of carbonyl (C=O) groups excluding carboxylic acids is 2. The zero-order valence-corrected chi connectivity index (χ0v) is 14.2. The minimum Gasteiger partial charge on any atom is -0.326 e. The van der Waals surface area contributed by atoms with Crippen molar-refractivity contribution in [3.05, 3.63) is 58.8 Å². The molecule has 0 spiro atoms. The highest BCUT2D eigenvalue weighted by Gasteiger charge is 2.33. The molecule has 3 rings (SSSR count). The Bertz CT molecular complexity index is 770. The number of hydrogen-bond acceptors (Lipinski definition) is 2. The lowest BCUT2D eigenvalue weighted by molar-refractivity contribution is -0.118. The van der Waals surface area contributed by atoms with E-state index in [9.17, 15) is 14.0 Å². The van der Waals surface area contributed by atoms with Gasteiger partial charge in [0.15, 0.2) is 0 Å². The van der Waals surface area contributed by atoms with Gasteiger partial charge in [-0.25, -0.2) is 9.18 Å². The van der Waals surface area contributed by atoms with E-state index in [1.54, 1.807) is 11.0 Å². The summed E-state index contributed by atoms with van der Waals surface area (Å²) < 4.78 is 14.3. The minimum absolute atomic E-state index is 0.0565. The molecule has 1 fully saturated rings. The fourth-order valence-corrected chi connectivity index (χ4v) is 2.92. The van der Waals surface area contributed by atoms with Crippen LogP contribution in [0.25, 0.3) is 0 Å². The lowest BCUT2D eigenvalue weighted by Crippen LogP contribution is -2.43. The molecule has 1 atom stereocenters. The van der Waals surface area contributed by atoms with Crippen molar-refractivity contribution in [3.63, 3.8) is 0 Å². The number of para-hydroxylation sites is 1. The van der Waals surface area contributed by atoms with Crippen molar-refractivity contribution in [1.82, 2.24) is 5.32 Å². The van der Waals surface area contributed by atoms with E-state index >= 15 is 0 Å². The molecule has 0 radical (unpaired) electrons. The normalized spacial score (nSPS) is 17.0. The number of urea groups is 1. The number of nitrogens with one attached hydrogen (secondary N) is 2. The van der Waals surface area contributed by atoms with Gasteiger partial charge in [-0.1, -0.05) is 34.1 Å². The standard InChI is InChI=1S/C17H15BrFN3O2/c18-11-6-7-14(13(19)10-11)20-17(24)21-15-8-9-22(16(15)23)12-4-2-1-3-5-12/h1-7,10,15H,8-9H2,(H2,20,21,24). The average molecular weight is 392 g/mol. The number of halogens is 2. The summed E-state index contributed by atoms with van der Waals surface area (Å²) in [4.78, 5) is 26.1. The number of rotatable bonds is 3. The maximum absolute atomic E-state index is 13.7. The van der Waals surface area contributed by atoms with Gasteiger partial charge in [0.25, 0.3) is 0 Å².